The SMILES string of the molecule is O=c1[nH]c(-c2cccc(-c3cccc(-c4ccccn4)c3)c2)no1. The first-order valence-electron chi connectivity index (χ1n) is 7.48. The first-order chi connectivity index (χ1) is 11.8. The summed E-state index contributed by atoms with van der Waals surface area (Å²) in [6, 6.07) is 21.8. The second-order valence-corrected chi connectivity index (χ2v) is 5.32. The van der Waals surface area contributed by atoms with E-state index in [1.165, 1.54) is 0 Å². The molecule has 0 fully saturated rings. The quantitative estimate of drug-likeness (QED) is 0.625. The Bertz CT molecular complexity index is 1040. The lowest BCUT2D eigenvalue weighted by molar-refractivity contribution is 0.388. The van der Waals surface area contributed by atoms with Crippen LogP contribution in [0.1, 0.15) is 0 Å². The monoisotopic (exact) mass is 315 g/mol. The van der Waals surface area contributed by atoms with Gasteiger partial charge in [-0.1, -0.05) is 47.6 Å². The second-order valence-electron chi connectivity index (χ2n) is 5.32. The fourth-order valence-electron chi connectivity index (χ4n) is 2.59. The van der Waals surface area contributed by atoms with E-state index in [4.69, 9.17) is 0 Å². The maximum absolute atomic E-state index is 11.1. The van der Waals surface area contributed by atoms with Gasteiger partial charge in [0.2, 0.25) is 0 Å². The molecule has 116 valence electrons. The number of hydrogen-bond acceptors (Lipinski definition) is 4. The van der Waals surface area contributed by atoms with Crippen LogP contribution in [0.15, 0.2) is 82.2 Å². The zero-order chi connectivity index (χ0) is 16.4. The lowest BCUT2D eigenvalue weighted by atomic mass is 10.00. The highest BCUT2D eigenvalue weighted by molar-refractivity contribution is 5.74. The van der Waals surface area contributed by atoms with Crippen LogP contribution in [0.25, 0.3) is 33.8 Å². The predicted molar refractivity (Wildman–Crippen MR) is 91.2 cm³/mol. The van der Waals surface area contributed by atoms with Gasteiger partial charge >= 0.3 is 5.76 Å². The van der Waals surface area contributed by atoms with Crippen molar-refractivity contribution in [2.24, 2.45) is 0 Å². The van der Waals surface area contributed by atoms with Crippen molar-refractivity contribution in [1.29, 1.82) is 0 Å². The summed E-state index contributed by atoms with van der Waals surface area (Å²) in [5.74, 6) is -0.143. The highest BCUT2D eigenvalue weighted by Gasteiger charge is 2.07. The third-order valence-corrected chi connectivity index (χ3v) is 3.73. The second kappa shape index (κ2) is 5.96. The predicted octanol–water partition coefficient (Wildman–Crippen LogP) is 3.76. The molecular weight excluding hydrogens is 302 g/mol. The fraction of sp³-hybridized carbons (Fsp3) is 0. The van der Waals surface area contributed by atoms with Gasteiger partial charge in [0.1, 0.15) is 0 Å². The molecule has 2 aromatic carbocycles. The Labute approximate surface area is 137 Å². The van der Waals surface area contributed by atoms with E-state index < -0.39 is 5.76 Å². The molecule has 4 aromatic rings. The number of aromatic amines is 1. The molecule has 5 nitrogen and oxygen atoms in total. The Balaban J connectivity index is 1.76. The molecule has 0 saturated carbocycles. The summed E-state index contributed by atoms with van der Waals surface area (Å²) in [5.41, 5.74) is 4.85. The van der Waals surface area contributed by atoms with Gasteiger partial charge in [0.25, 0.3) is 0 Å². The number of hydrogen-bond donors (Lipinski definition) is 1. The molecule has 0 amide bonds. The van der Waals surface area contributed by atoms with Crippen molar-refractivity contribution in [3.05, 3.63) is 83.5 Å². The van der Waals surface area contributed by atoms with E-state index in [1.807, 2.05) is 60.7 Å². The smallest absolute Gasteiger partial charge is 0.296 e. The molecule has 0 radical (unpaired) electrons. The van der Waals surface area contributed by atoms with Crippen LogP contribution in [0.2, 0.25) is 0 Å². The topological polar surface area (TPSA) is 71.8 Å². The van der Waals surface area contributed by atoms with Gasteiger partial charge in [0, 0.05) is 17.3 Å². The van der Waals surface area contributed by atoms with Gasteiger partial charge in [-0.3, -0.25) is 14.5 Å². The average Bonchev–Trinajstić information content (AvgIpc) is 3.09. The van der Waals surface area contributed by atoms with Crippen LogP contribution in [0.3, 0.4) is 0 Å². The number of benzene rings is 2. The molecule has 0 aliphatic heterocycles. The molecule has 0 aliphatic rings. The Kier molecular flexibility index (Phi) is 3.51. The van der Waals surface area contributed by atoms with Crippen molar-refractivity contribution in [1.82, 2.24) is 15.1 Å². The normalized spacial score (nSPS) is 10.7. The summed E-state index contributed by atoms with van der Waals surface area (Å²) < 4.78 is 4.57. The highest BCUT2D eigenvalue weighted by Crippen LogP contribution is 2.27. The third-order valence-electron chi connectivity index (χ3n) is 3.73. The van der Waals surface area contributed by atoms with Crippen molar-refractivity contribution in [3.8, 4) is 33.8 Å². The minimum Gasteiger partial charge on any atom is -0.296 e. The van der Waals surface area contributed by atoms with E-state index in [0.717, 1.165) is 27.9 Å². The number of rotatable bonds is 3. The van der Waals surface area contributed by atoms with Crippen LogP contribution in [-0.2, 0) is 0 Å². The van der Waals surface area contributed by atoms with Crippen molar-refractivity contribution in [2.75, 3.05) is 0 Å². The van der Waals surface area contributed by atoms with Crippen LogP contribution < -0.4 is 5.76 Å². The molecule has 0 bridgehead atoms. The lowest BCUT2D eigenvalue weighted by Crippen LogP contribution is -1.94. The van der Waals surface area contributed by atoms with E-state index in [0.29, 0.717) is 5.82 Å². The minimum atomic E-state index is -0.562. The summed E-state index contributed by atoms with van der Waals surface area (Å²) in [4.78, 5) is 18.1. The summed E-state index contributed by atoms with van der Waals surface area (Å²) in [5, 5.41) is 3.73. The average molecular weight is 315 g/mol. The third kappa shape index (κ3) is 2.75. The minimum absolute atomic E-state index is 0.419. The van der Waals surface area contributed by atoms with Gasteiger partial charge < -0.3 is 0 Å². The maximum atomic E-state index is 11.1. The number of nitrogens with one attached hydrogen (secondary N) is 1. The molecule has 2 heterocycles. The van der Waals surface area contributed by atoms with Crippen molar-refractivity contribution in [2.45, 2.75) is 0 Å². The fourth-order valence-corrected chi connectivity index (χ4v) is 2.59. The van der Waals surface area contributed by atoms with Crippen molar-refractivity contribution in [3.63, 3.8) is 0 Å². The van der Waals surface area contributed by atoms with Crippen LogP contribution in [0.5, 0.6) is 0 Å². The Hall–Kier alpha value is -3.47. The summed E-state index contributed by atoms with van der Waals surface area (Å²) in [6.07, 6.45) is 1.78. The summed E-state index contributed by atoms with van der Waals surface area (Å²) in [7, 11) is 0. The van der Waals surface area contributed by atoms with Gasteiger partial charge in [-0.05, 0) is 35.4 Å². The first-order valence-corrected chi connectivity index (χ1v) is 7.48. The van der Waals surface area contributed by atoms with Gasteiger partial charge in [-0.2, -0.15) is 0 Å². The van der Waals surface area contributed by atoms with Gasteiger partial charge in [-0.25, -0.2) is 4.79 Å². The molecule has 24 heavy (non-hydrogen) atoms. The summed E-state index contributed by atoms with van der Waals surface area (Å²) in [6.45, 7) is 0. The van der Waals surface area contributed by atoms with Gasteiger partial charge in [0.15, 0.2) is 5.82 Å². The first kappa shape index (κ1) is 14.1. The lowest BCUT2D eigenvalue weighted by Gasteiger charge is -2.06. The number of pyridine rings is 1. The van der Waals surface area contributed by atoms with E-state index in [9.17, 15) is 4.79 Å². The molecule has 1 N–H and O–H groups in total. The molecular formula is C19H13N3O2. The largest absolute Gasteiger partial charge is 0.439 e. The maximum Gasteiger partial charge on any atom is 0.439 e. The van der Waals surface area contributed by atoms with E-state index in [-0.39, 0.29) is 0 Å². The molecule has 0 unspecified atom stereocenters. The Morgan fingerprint density at radius 3 is 2.17 bits per heavy atom. The highest BCUT2D eigenvalue weighted by atomic mass is 16.5. The van der Waals surface area contributed by atoms with Crippen molar-refractivity contribution < 1.29 is 4.52 Å². The molecule has 0 spiro atoms. The van der Waals surface area contributed by atoms with Crippen LogP contribution in [0.4, 0.5) is 0 Å². The Morgan fingerprint density at radius 1 is 0.792 bits per heavy atom. The zero-order valence-corrected chi connectivity index (χ0v) is 12.6. The van der Waals surface area contributed by atoms with E-state index >= 15 is 0 Å². The van der Waals surface area contributed by atoms with Crippen LogP contribution in [0, 0.1) is 0 Å². The number of nitrogens with zero attached hydrogens (tertiary/aromatic N) is 2. The molecule has 4 rings (SSSR count). The molecule has 0 atom stereocenters. The number of H-pyrrole nitrogens is 1. The van der Waals surface area contributed by atoms with Crippen LogP contribution >= 0.6 is 0 Å². The summed E-state index contributed by atoms with van der Waals surface area (Å²) >= 11 is 0. The van der Waals surface area contributed by atoms with Crippen molar-refractivity contribution >= 4 is 0 Å². The van der Waals surface area contributed by atoms with Crippen LogP contribution in [-0.4, -0.2) is 15.1 Å². The Morgan fingerprint density at radius 2 is 1.50 bits per heavy atom. The number of aromatic nitrogens is 3. The van der Waals surface area contributed by atoms with Gasteiger partial charge in [0.05, 0.1) is 5.69 Å². The molecule has 0 saturated heterocycles. The zero-order valence-electron chi connectivity index (χ0n) is 12.6. The van der Waals surface area contributed by atoms with E-state index in [2.05, 4.69) is 25.7 Å². The van der Waals surface area contributed by atoms with Gasteiger partial charge in [-0.15, -0.1) is 0 Å². The standard InChI is InChI=1S/C19H13N3O2/c23-19-21-18(22-24-19)16-8-4-6-14(12-16)13-5-3-7-15(11-13)17-9-1-2-10-20-17/h1-12H,(H,21,22,23). The molecule has 5 heteroatoms. The van der Waals surface area contributed by atoms with E-state index in [1.54, 1.807) is 6.20 Å². The molecule has 0 aliphatic carbocycles. The molecule has 2 aromatic heterocycles.